The molecule has 4 rings (SSSR count). The monoisotopic (exact) mass is 373 g/mol. The van der Waals surface area contributed by atoms with E-state index in [1.54, 1.807) is 0 Å². The summed E-state index contributed by atoms with van der Waals surface area (Å²) < 4.78 is 1.97. The lowest BCUT2D eigenvalue weighted by molar-refractivity contribution is -0.135. The molecule has 1 aliphatic heterocycles. The molecule has 0 unspecified atom stereocenters. The number of piperazine rings is 1. The summed E-state index contributed by atoms with van der Waals surface area (Å²) >= 11 is 0. The lowest BCUT2D eigenvalue weighted by Gasteiger charge is -2.37. The van der Waals surface area contributed by atoms with Crippen LogP contribution in [-0.4, -0.2) is 68.1 Å². The van der Waals surface area contributed by atoms with Gasteiger partial charge in [-0.15, -0.1) is 10.2 Å². The largest absolute Gasteiger partial charge is 0.353 e. The van der Waals surface area contributed by atoms with Gasteiger partial charge in [-0.05, 0) is 32.6 Å². The van der Waals surface area contributed by atoms with E-state index in [2.05, 4.69) is 25.3 Å². The Balaban J connectivity index is 1.47. The lowest BCUT2D eigenvalue weighted by Crippen LogP contribution is -2.57. The third-order valence-corrected chi connectivity index (χ3v) is 6.04. The van der Waals surface area contributed by atoms with Crippen LogP contribution < -0.4 is 5.32 Å². The number of rotatable bonds is 4. The smallest absolute Gasteiger partial charge is 0.242 e. The number of nitrogens with zero attached hydrogens (tertiary/aromatic N) is 6. The van der Waals surface area contributed by atoms with Gasteiger partial charge in [-0.1, -0.05) is 19.3 Å². The molecule has 27 heavy (non-hydrogen) atoms. The van der Waals surface area contributed by atoms with Crippen LogP contribution in [0.5, 0.6) is 0 Å². The van der Waals surface area contributed by atoms with Crippen LogP contribution in [0.25, 0.3) is 0 Å². The third kappa shape index (κ3) is 4.25. The molecule has 2 aliphatic carbocycles. The summed E-state index contributed by atoms with van der Waals surface area (Å²) in [6.07, 6.45) is 8.54. The second-order valence-electron chi connectivity index (χ2n) is 8.08. The zero-order valence-electron chi connectivity index (χ0n) is 16.5. The maximum atomic E-state index is 12.6. The number of amides is 1. The highest BCUT2D eigenvalue weighted by molar-refractivity contribution is 5.88. The molecule has 1 N–H and O–H groups in total. The first-order valence-electron chi connectivity index (χ1n) is 10.3. The number of carbonyl (C=O) groups excluding carboxylic acids is 1. The molecule has 0 bridgehead atoms. The zero-order chi connectivity index (χ0) is 18.8. The average molecular weight is 374 g/mol. The van der Waals surface area contributed by atoms with Gasteiger partial charge in [0.25, 0.3) is 0 Å². The number of guanidine groups is 1. The van der Waals surface area contributed by atoms with Crippen molar-refractivity contribution in [3.63, 3.8) is 0 Å². The third-order valence-electron chi connectivity index (χ3n) is 6.04. The van der Waals surface area contributed by atoms with Gasteiger partial charge in [0.1, 0.15) is 12.4 Å². The van der Waals surface area contributed by atoms with E-state index in [9.17, 15) is 4.79 Å². The summed E-state index contributed by atoms with van der Waals surface area (Å²) in [5, 5.41) is 12.0. The van der Waals surface area contributed by atoms with E-state index in [-0.39, 0.29) is 5.91 Å². The molecule has 0 spiro atoms. The Morgan fingerprint density at radius 2 is 1.93 bits per heavy atom. The molecular weight excluding hydrogens is 342 g/mol. The highest BCUT2D eigenvalue weighted by Gasteiger charge is 2.36. The maximum Gasteiger partial charge on any atom is 0.242 e. The van der Waals surface area contributed by atoms with Gasteiger partial charge in [-0.2, -0.15) is 0 Å². The molecule has 3 aliphatic rings. The minimum atomic E-state index is 0.233. The minimum Gasteiger partial charge on any atom is -0.353 e. The van der Waals surface area contributed by atoms with Crippen molar-refractivity contribution in [2.24, 2.45) is 12.0 Å². The van der Waals surface area contributed by atoms with Gasteiger partial charge in [0.2, 0.25) is 5.91 Å². The molecule has 148 valence electrons. The highest BCUT2D eigenvalue weighted by atomic mass is 16.2. The number of aliphatic imine (C=N–C) groups is 1. The first kappa shape index (κ1) is 18.3. The van der Waals surface area contributed by atoms with E-state index in [1.165, 1.54) is 44.9 Å². The van der Waals surface area contributed by atoms with Crippen LogP contribution in [0.15, 0.2) is 4.99 Å². The number of carbonyl (C=O) groups is 1. The fourth-order valence-electron chi connectivity index (χ4n) is 4.04. The molecule has 2 heterocycles. The number of aromatic nitrogens is 3. The van der Waals surface area contributed by atoms with E-state index in [1.807, 2.05) is 18.5 Å². The molecule has 1 saturated heterocycles. The molecule has 1 amide bonds. The molecular formula is C19H31N7O. The van der Waals surface area contributed by atoms with Crippen molar-refractivity contribution in [3.8, 4) is 0 Å². The standard InChI is InChI=1S/C19H31N7O/c1-14-22-23-17(24(14)2)12-20-19(21-15-6-4-3-5-7-15)25-10-11-26(16-8-9-16)18(27)13-25/h15-16H,3-13H2,1-2H3,(H,20,21). The fourth-order valence-corrected chi connectivity index (χ4v) is 4.04. The van der Waals surface area contributed by atoms with Crippen molar-refractivity contribution in [1.29, 1.82) is 0 Å². The lowest BCUT2D eigenvalue weighted by atomic mass is 9.96. The van der Waals surface area contributed by atoms with Crippen LogP contribution in [0.3, 0.4) is 0 Å². The predicted molar refractivity (Wildman–Crippen MR) is 103 cm³/mol. The van der Waals surface area contributed by atoms with Gasteiger partial charge in [0.05, 0.1) is 6.54 Å². The Morgan fingerprint density at radius 1 is 1.15 bits per heavy atom. The van der Waals surface area contributed by atoms with E-state index >= 15 is 0 Å². The van der Waals surface area contributed by atoms with Gasteiger partial charge in [-0.3, -0.25) is 4.79 Å². The normalized spacial score (nSPS) is 22.4. The van der Waals surface area contributed by atoms with Crippen molar-refractivity contribution in [2.75, 3.05) is 19.6 Å². The van der Waals surface area contributed by atoms with E-state index < -0.39 is 0 Å². The molecule has 0 radical (unpaired) electrons. The molecule has 0 aromatic carbocycles. The summed E-state index contributed by atoms with van der Waals surface area (Å²) in [6.45, 7) is 4.49. The molecule has 1 aromatic heterocycles. The van der Waals surface area contributed by atoms with Gasteiger partial charge < -0.3 is 19.7 Å². The van der Waals surface area contributed by atoms with Crippen molar-refractivity contribution in [1.82, 2.24) is 29.9 Å². The maximum absolute atomic E-state index is 12.6. The summed E-state index contributed by atoms with van der Waals surface area (Å²) in [6, 6.07) is 0.947. The minimum absolute atomic E-state index is 0.233. The Morgan fingerprint density at radius 3 is 2.56 bits per heavy atom. The van der Waals surface area contributed by atoms with Crippen LogP contribution in [0.4, 0.5) is 0 Å². The van der Waals surface area contributed by atoms with Crippen molar-refractivity contribution < 1.29 is 4.79 Å². The Kier molecular flexibility index (Phi) is 5.31. The van der Waals surface area contributed by atoms with Crippen LogP contribution in [-0.2, 0) is 18.4 Å². The topological polar surface area (TPSA) is 78.7 Å². The van der Waals surface area contributed by atoms with Crippen LogP contribution in [0, 0.1) is 6.92 Å². The van der Waals surface area contributed by atoms with Crippen LogP contribution in [0.2, 0.25) is 0 Å². The Labute approximate surface area is 161 Å². The van der Waals surface area contributed by atoms with Gasteiger partial charge >= 0.3 is 0 Å². The van der Waals surface area contributed by atoms with Gasteiger partial charge in [-0.25, -0.2) is 4.99 Å². The van der Waals surface area contributed by atoms with E-state index in [0.29, 0.717) is 25.2 Å². The average Bonchev–Trinajstić information content (AvgIpc) is 3.47. The molecule has 3 fully saturated rings. The number of hydrogen-bond acceptors (Lipinski definition) is 4. The van der Waals surface area contributed by atoms with Crippen LogP contribution in [0.1, 0.15) is 56.6 Å². The summed E-state index contributed by atoms with van der Waals surface area (Å²) in [5.41, 5.74) is 0. The number of nitrogens with one attached hydrogen (secondary N) is 1. The predicted octanol–water partition coefficient (Wildman–Crippen LogP) is 1.21. The van der Waals surface area contributed by atoms with Gasteiger partial charge in [0.15, 0.2) is 11.8 Å². The van der Waals surface area contributed by atoms with E-state index in [4.69, 9.17) is 4.99 Å². The second-order valence-corrected chi connectivity index (χ2v) is 8.08. The molecule has 8 nitrogen and oxygen atoms in total. The first-order valence-corrected chi connectivity index (χ1v) is 10.3. The summed E-state index contributed by atoms with van der Waals surface area (Å²) in [5.74, 6) is 2.82. The molecule has 8 heteroatoms. The zero-order valence-corrected chi connectivity index (χ0v) is 16.5. The first-order chi connectivity index (χ1) is 13.1. The molecule has 0 atom stereocenters. The highest BCUT2D eigenvalue weighted by Crippen LogP contribution is 2.28. The van der Waals surface area contributed by atoms with Crippen molar-refractivity contribution in [3.05, 3.63) is 11.6 Å². The fraction of sp³-hybridized carbons (Fsp3) is 0.789. The Hall–Kier alpha value is -2.12. The van der Waals surface area contributed by atoms with E-state index in [0.717, 1.165) is 30.7 Å². The number of aryl methyl sites for hydroxylation is 1. The quantitative estimate of drug-likeness (QED) is 0.634. The SMILES string of the molecule is Cc1nnc(CN=C(NC2CCCCC2)N2CCN(C3CC3)C(=O)C2)n1C. The Bertz CT molecular complexity index is 703. The molecule has 2 saturated carbocycles. The second kappa shape index (κ2) is 7.86. The van der Waals surface area contributed by atoms with Crippen molar-refractivity contribution >= 4 is 11.9 Å². The summed E-state index contributed by atoms with van der Waals surface area (Å²) in [4.78, 5) is 21.6. The summed E-state index contributed by atoms with van der Waals surface area (Å²) in [7, 11) is 1.96. The van der Waals surface area contributed by atoms with Crippen LogP contribution >= 0.6 is 0 Å². The number of hydrogen-bond donors (Lipinski definition) is 1. The van der Waals surface area contributed by atoms with Gasteiger partial charge in [0, 0.05) is 32.2 Å². The van der Waals surface area contributed by atoms with Crippen molar-refractivity contribution in [2.45, 2.75) is 70.5 Å². The molecule has 1 aromatic rings.